The number of aryl methyl sites for hydroxylation is 1. The first-order valence-corrected chi connectivity index (χ1v) is 5.41. The molecule has 6 heteroatoms. The van der Waals surface area contributed by atoms with Crippen molar-refractivity contribution in [2.75, 3.05) is 0 Å². The Balaban J connectivity index is 2.17. The van der Waals surface area contributed by atoms with Crippen LogP contribution in [0.25, 0.3) is 11.2 Å². The zero-order valence-corrected chi connectivity index (χ0v) is 9.32. The molecule has 3 rings (SSSR count). The lowest BCUT2D eigenvalue weighted by molar-refractivity contribution is 0.211. The van der Waals surface area contributed by atoms with Gasteiger partial charge in [0.15, 0.2) is 11.2 Å². The monoisotopic (exact) mass is 232 g/mol. The lowest BCUT2D eigenvalue weighted by Gasteiger charge is -2.10. The third kappa shape index (κ3) is 1.49. The molecule has 0 saturated heterocycles. The average Bonchev–Trinajstić information content (AvgIpc) is 2.89. The molecule has 0 amide bonds. The lowest BCUT2D eigenvalue weighted by atomic mass is 10.2. The highest BCUT2D eigenvalue weighted by Crippen LogP contribution is 2.25. The van der Waals surface area contributed by atoms with Gasteiger partial charge in [0, 0.05) is 13.5 Å². The molecule has 1 aliphatic carbocycles. The van der Waals surface area contributed by atoms with Crippen LogP contribution in [0.5, 0.6) is 0 Å². The Kier molecular flexibility index (Phi) is 2.12. The summed E-state index contributed by atoms with van der Waals surface area (Å²) in [6.45, 7) is 0. The van der Waals surface area contributed by atoms with Crippen LogP contribution in [0, 0.1) is 0 Å². The van der Waals surface area contributed by atoms with Gasteiger partial charge < -0.3 is 14.2 Å². The van der Waals surface area contributed by atoms with E-state index in [0.717, 1.165) is 0 Å². The summed E-state index contributed by atoms with van der Waals surface area (Å²) in [6.07, 6.45) is 6.92. The maximum atomic E-state index is 11.8. The van der Waals surface area contributed by atoms with Crippen LogP contribution in [0.2, 0.25) is 0 Å². The number of aliphatic hydroxyl groups excluding tert-OH is 1. The molecule has 17 heavy (non-hydrogen) atoms. The third-order valence-corrected chi connectivity index (χ3v) is 3.04. The fourth-order valence-corrected chi connectivity index (χ4v) is 2.10. The van der Waals surface area contributed by atoms with Crippen LogP contribution >= 0.6 is 0 Å². The molecule has 2 aromatic rings. The molecule has 2 aromatic heterocycles. The number of aromatic nitrogens is 4. The summed E-state index contributed by atoms with van der Waals surface area (Å²) in [6, 6.07) is 0.0228. The molecule has 1 N–H and O–H groups in total. The van der Waals surface area contributed by atoms with Crippen molar-refractivity contribution in [3.05, 3.63) is 35.2 Å². The molecule has 0 unspecified atom stereocenters. The van der Waals surface area contributed by atoms with Crippen molar-refractivity contribution < 1.29 is 5.11 Å². The van der Waals surface area contributed by atoms with Crippen molar-refractivity contribution in [3.63, 3.8) is 0 Å². The van der Waals surface area contributed by atoms with Gasteiger partial charge in [-0.3, -0.25) is 4.79 Å². The fraction of sp³-hybridized carbons (Fsp3) is 0.364. The first-order valence-electron chi connectivity index (χ1n) is 5.41. The van der Waals surface area contributed by atoms with Crippen molar-refractivity contribution >= 4 is 11.2 Å². The molecule has 2 heterocycles. The Bertz CT molecular complexity index is 655. The van der Waals surface area contributed by atoms with E-state index >= 15 is 0 Å². The van der Waals surface area contributed by atoms with E-state index in [1.807, 2.05) is 10.6 Å². The second kappa shape index (κ2) is 3.53. The normalized spacial score (nSPS) is 23.6. The van der Waals surface area contributed by atoms with Gasteiger partial charge in [0.2, 0.25) is 0 Å². The molecule has 0 saturated carbocycles. The lowest BCUT2D eigenvalue weighted by Crippen LogP contribution is -2.18. The van der Waals surface area contributed by atoms with E-state index in [0.29, 0.717) is 17.6 Å². The zero-order valence-electron chi connectivity index (χ0n) is 9.32. The second-order valence-corrected chi connectivity index (χ2v) is 4.24. The summed E-state index contributed by atoms with van der Waals surface area (Å²) in [5.74, 6) is 0. The predicted molar refractivity (Wildman–Crippen MR) is 61.6 cm³/mol. The number of imidazole rings is 1. The molecule has 6 nitrogen and oxygen atoms in total. The SMILES string of the molecule is Cn1cnc2c(ncn2[C@H]2C=C[C@@H](O)C2)c1=O. The third-order valence-electron chi connectivity index (χ3n) is 3.04. The van der Waals surface area contributed by atoms with Crippen LogP contribution in [-0.2, 0) is 7.05 Å². The molecule has 0 aromatic carbocycles. The molecule has 88 valence electrons. The molecule has 1 aliphatic rings. The second-order valence-electron chi connectivity index (χ2n) is 4.24. The van der Waals surface area contributed by atoms with Crippen LogP contribution in [0.15, 0.2) is 29.6 Å². The van der Waals surface area contributed by atoms with Crippen molar-refractivity contribution in [2.24, 2.45) is 7.05 Å². The molecule has 2 atom stereocenters. The van der Waals surface area contributed by atoms with Gasteiger partial charge in [0.05, 0.1) is 24.8 Å². The summed E-state index contributed by atoms with van der Waals surface area (Å²) in [4.78, 5) is 20.1. The maximum absolute atomic E-state index is 11.8. The van der Waals surface area contributed by atoms with Gasteiger partial charge in [0.25, 0.3) is 5.56 Å². The van der Waals surface area contributed by atoms with Crippen molar-refractivity contribution in [3.8, 4) is 0 Å². The number of hydrogen-bond donors (Lipinski definition) is 1. The molecule has 0 fully saturated rings. The van der Waals surface area contributed by atoms with Crippen LogP contribution < -0.4 is 5.56 Å². The Morgan fingerprint density at radius 2 is 2.18 bits per heavy atom. The molecular weight excluding hydrogens is 220 g/mol. The smallest absolute Gasteiger partial charge is 0.281 e. The van der Waals surface area contributed by atoms with Gasteiger partial charge >= 0.3 is 0 Å². The standard InChI is InChI=1S/C11H12N4O2/c1-14-5-13-10-9(11(14)17)12-6-15(10)7-2-3-8(16)4-7/h2-3,5-8,16H,4H2,1H3/t7-,8+/m0/s1. The first-order chi connectivity index (χ1) is 8.16. The summed E-state index contributed by atoms with van der Waals surface area (Å²) >= 11 is 0. The van der Waals surface area contributed by atoms with E-state index in [-0.39, 0.29) is 11.6 Å². The molecule has 0 radical (unpaired) electrons. The van der Waals surface area contributed by atoms with E-state index in [1.54, 1.807) is 19.5 Å². The van der Waals surface area contributed by atoms with E-state index < -0.39 is 6.10 Å². The number of fused-ring (bicyclic) bond motifs is 1. The number of nitrogens with zero attached hydrogens (tertiary/aromatic N) is 4. The van der Waals surface area contributed by atoms with Crippen molar-refractivity contribution in [2.45, 2.75) is 18.6 Å². The number of allylic oxidation sites excluding steroid dienone is 1. The fourth-order valence-electron chi connectivity index (χ4n) is 2.10. The minimum Gasteiger partial charge on any atom is -0.389 e. The topological polar surface area (TPSA) is 72.9 Å². The highest BCUT2D eigenvalue weighted by molar-refractivity contribution is 5.69. The summed E-state index contributed by atoms with van der Waals surface area (Å²) < 4.78 is 3.22. The number of hydrogen-bond acceptors (Lipinski definition) is 4. The molecule has 0 bridgehead atoms. The first kappa shape index (κ1) is 10.2. The zero-order chi connectivity index (χ0) is 12.0. The van der Waals surface area contributed by atoms with E-state index in [2.05, 4.69) is 9.97 Å². The van der Waals surface area contributed by atoms with Crippen LogP contribution in [0.3, 0.4) is 0 Å². The van der Waals surface area contributed by atoms with Crippen LogP contribution in [0.1, 0.15) is 12.5 Å². The summed E-state index contributed by atoms with van der Waals surface area (Å²) in [5, 5.41) is 9.46. The summed E-state index contributed by atoms with van der Waals surface area (Å²) in [5.41, 5.74) is 0.776. The van der Waals surface area contributed by atoms with Gasteiger partial charge in [-0.15, -0.1) is 0 Å². The van der Waals surface area contributed by atoms with Gasteiger partial charge in [-0.25, -0.2) is 9.97 Å². The van der Waals surface area contributed by atoms with Crippen LogP contribution in [-0.4, -0.2) is 30.3 Å². The maximum Gasteiger partial charge on any atom is 0.281 e. The van der Waals surface area contributed by atoms with Crippen molar-refractivity contribution in [1.82, 2.24) is 19.1 Å². The van der Waals surface area contributed by atoms with Crippen molar-refractivity contribution in [1.29, 1.82) is 0 Å². The number of aliphatic hydroxyl groups is 1. The molecule has 0 aliphatic heterocycles. The van der Waals surface area contributed by atoms with E-state index in [9.17, 15) is 9.90 Å². The van der Waals surface area contributed by atoms with Gasteiger partial charge in [-0.2, -0.15) is 0 Å². The van der Waals surface area contributed by atoms with E-state index in [4.69, 9.17) is 0 Å². The molecule has 0 spiro atoms. The van der Waals surface area contributed by atoms with E-state index in [1.165, 1.54) is 10.9 Å². The highest BCUT2D eigenvalue weighted by atomic mass is 16.3. The predicted octanol–water partition coefficient (Wildman–Crippen LogP) is -0.00810. The largest absolute Gasteiger partial charge is 0.389 e. The minimum absolute atomic E-state index is 0.0228. The Morgan fingerprint density at radius 3 is 2.88 bits per heavy atom. The number of rotatable bonds is 1. The van der Waals surface area contributed by atoms with Gasteiger partial charge in [-0.05, 0) is 0 Å². The Labute approximate surface area is 96.9 Å². The Morgan fingerprint density at radius 1 is 1.35 bits per heavy atom. The Hall–Kier alpha value is -1.95. The highest BCUT2D eigenvalue weighted by Gasteiger charge is 2.21. The minimum atomic E-state index is -0.427. The summed E-state index contributed by atoms with van der Waals surface area (Å²) in [7, 11) is 1.65. The quantitative estimate of drug-likeness (QED) is 0.702. The average molecular weight is 232 g/mol. The van der Waals surface area contributed by atoms with Gasteiger partial charge in [0.1, 0.15) is 0 Å². The van der Waals surface area contributed by atoms with Crippen LogP contribution in [0.4, 0.5) is 0 Å². The van der Waals surface area contributed by atoms with Gasteiger partial charge in [-0.1, -0.05) is 12.2 Å². The molecular formula is C11H12N4O2.